The first kappa shape index (κ1) is 20.2. The molecule has 6 N–H and O–H groups in total. The topological polar surface area (TPSA) is 116 Å². The van der Waals surface area contributed by atoms with Crippen molar-refractivity contribution in [1.29, 1.82) is 0 Å². The highest BCUT2D eigenvalue weighted by Gasteiger charge is 2.47. The third-order valence-electron chi connectivity index (χ3n) is 5.08. The molecule has 1 aromatic carbocycles. The van der Waals surface area contributed by atoms with E-state index in [-0.39, 0.29) is 18.3 Å². The van der Waals surface area contributed by atoms with Crippen LogP contribution in [0.4, 0.5) is 0 Å². The van der Waals surface area contributed by atoms with E-state index in [1.807, 2.05) is 24.3 Å². The molecule has 1 aromatic rings. The monoisotopic (exact) mass is 368 g/mol. The molecule has 0 radical (unpaired) electrons. The van der Waals surface area contributed by atoms with Crippen molar-refractivity contribution in [3.8, 4) is 0 Å². The number of halogens is 1. The van der Waals surface area contributed by atoms with Crippen LogP contribution in [0.5, 0.6) is 0 Å². The molecule has 1 aliphatic carbocycles. The fraction of sp³-hybridized carbons (Fsp3) is 0.588. The molecule has 1 saturated carbocycles. The Morgan fingerprint density at radius 2 is 1.92 bits per heavy atom. The zero-order valence-electron chi connectivity index (χ0n) is 14.2. The van der Waals surface area contributed by atoms with Gasteiger partial charge in [0.05, 0.1) is 0 Å². The summed E-state index contributed by atoms with van der Waals surface area (Å²) in [5.74, 6) is -1.04. The van der Waals surface area contributed by atoms with Gasteiger partial charge in [0.15, 0.2) is 0 Å². The van der Waals surface area contributed by atoms with Crippen molar-refractivity contribution in [3.63, 3.8) is 0 Å². The van der Waals surface area contributed by atoms with Gasteiger partial charge in [0.2, 0.25) is 0 Å². The molecule has 1 atom stereocenters. The highest BCUT2D eigenvalue weighted by molar-refractivity contribution is 6.40. The molecule has 0 bridgehead atoms. The van der Waals surface area contributed by atoms with Crippen LogP contribution < -0.4 is 11.1 Å². The van der Waals surface area contributed by atoms with Crippen LogP contribution in [0.1, 0.15) is 37.7 Å². The Labute approximate surface area is 153 Å². The van der Waals surface area contributed by atoms with Crippen molar-refractivity contribution in [3.05, 3.63) is 34.9 Å². The Balaban J connectivity index is 1.76. The molecular formula is C17H26BClN2O4. The van der Waals surface area contributed by atoms with Gasteiger partial charge in [-0.3, -0.25) is 4.79 Å². The number of nitrogens with two attached hydrogens (primary N) is 1. The van der Waals surface area contributed by atoms with Crippen molar-refractivity contribution in [1.82, 2.24) is 5.32 Å². The summed E-state index contributed by atoms with van der Waals surface area (Å²) >= 11 is 5.86. The number of carboxylic acid groups (broad SMARTS) is 1. The number of aliphatic carboxylic acids is 1. The van der Waals surface area contributed by atoms with Crippen LogP contribution >= 0.6 is 11.6 Å². The van der Waals surface area contributed by atoms with Crippen molar-refractivity contribution >= 4 is 24.7 Å². The van der Waals surface area contributed by atoms with Gasteiger partial charge in [-0.05, 0) is 49.2 Å². The Hall–Kier alpha value is -1.12. The average molecular weight is 369 g/mol. The lowest BCUT2D eigenvalue weighted by Crippen LogP contribution is -2.61. The molecule has 1 unspecified atom stereocenters. The second-order valence-corrected chi connectivity index (χ2v) is 7.38. The average Bonchev–Trinajstić information content (AvgIpc) is 2.51. The maximum atomic E-state index is 11.6. The summed E-state index contributed by atoms with van der Waals surface area (Å²) in [6.07, 6.45) is 3.18. The number of hydrogen-bond donors (Lipinski definition) is 5. The Morgan fingerprint density at radius 3 is 2.48 bits per heavy atom. The first-order valence-corrected chi connectivity index (χ1v) is 9.05. The van der Waals surface area contributed by atoms with E-state index >= 15 is 0 Å². The van der Waals surface area contributed by atoms with Crippen molar-refractivity contribution in [2.45, 2.75) is 56.5 Å². The number of carboxylic acids is 1. The largest absolute Gasteiger partial charge is 0.480 e. The van der Waals surface area contributed by atoms with Crippen molar-refractivity contribution in [2.24, 2.45) is 11.7 Å². The highest BCUT2D eigenvalue weighted by Crippen LogP contribution is 2.38. The molecule has 0 heterocycles. The van der Waals surface area contributed by atoms with Gasteiger partial charge < -0.3 is 26.2 Å². The highest BCUT2D eigenvalue weighted by atomic mass is 35.5. The van der Waals surface area contributed by atoms with E-state index in [4.69, 9.17) is 27.4 Å². The number of hydrogen-bond acceptors (Lipinski definition) is 5. The summed E-state index contributed by atoms with van der Waals surface area (Å²) in [5.41, 5.74) is 6.08. The molecule has 0 spiro atoms. The van der Waals surface area contributed by atoms with Gasteiger partial charge in [-0.1, -0.05) is 36.6 Å². The SMILES string of the molecule is NC(CCCCB(O)O)(C(=O)O)[C@H]1C[C@@H](NCc2ccc(Cl)cc2)C1. The maximum absolute atomic E-state index is 11.6. The van der Waals surface area contributed by atoms with Crippen molar-refractivity contribution in [2.75, 3.05) is 0 Å². The molecule has 6 nitrogen and oxygen atoms in total. The molecular weight excluding hydrogens is 342 g/mol. The molecule has 0 aromatic heterocycles. The maximum Gasteiger partial charge on any atom is 0.451 e. The van der Waals surface area contributed by atoms with E-state index in [0.29, 0.717) is 30.8 Å². The number of carbonyl (C=O) groups is 1. The standard InChI is InChI=1S/C17H26BClN2O4/c19-14-5-3-12(4-6-14)11-21-15-9-13(10-15)17(20,16(22)23)7-1-2-8-18(24)25/h3-6,13,15,21,24-25H,1-2,7-11,20H2,(H,22,23)/t13-,15+,17?. The molecule has 0 aliphatic heterocycles. The van der Waals surface area contributed by atoms with Gasteiger partial charge >= 0.3 is 13.1 Å². The predicted octanol–water partition coefficient (Wildman–Crippen LogP) is 1.63. The van der Waals surface area contributed by atoms with Crippen LogP contribution in [0.2, 0.25) is 11.3 Å². The fourth-order valence-corrected chi connectivity index (χ4v) is 3.43. The van der Waals surface area contributed by atoms with Gasteiger partial charge in [-0.2, -0.15) is 0 Å². The van der Waals surface area contributed by atoms with Gasteiger partial charge in [-0.25, -0.2) is 0 Å². The minimum atomic E-state index is -1.35. The lowest BCUT2D eigenvalue weighted by Gasteiger charge is -2.45. The van der Waals surface area contributed by atoms with E-state index in [1.54, 1.807) is 0 Å². The van der Waals surface area contributed by atoms with Gasteiger partial charge in [0.25, 0.3) is 0 Å². The summed E-state index contributed by atoms with van der Waals surface area (Å²) in [4.78, 5) is 11.6. The van der Waals surface area contributed by atoms with E-state index in [0.717, 1.165) is 18.4 Å². The number of unbranched alkanes of at least 4 members (excludes halogenated alkanes) is 1. The number of benzene rings is 1. The third kappa shape index (κ3) is 5.69. The Bertz CT molecular complexity index is 566. The van der Waals surface area contributed by atoms with E-state index in [1.165, 1.54) is 0 Å². The molecule has 1 fully saturated rings. The molecule has 0 saturated heterocycles. The second-order valence-electron chi connectivity index (χ2n) is 6.94. The fourth-order valence-electron chi connectivity index (χ4n) is 3.30. The summed E-state index contributed by atoms with van der Waals surface area (Å²) in [7, 11) is -1.35. The zero-order valence-corrected chi connectivity index (χ0v) is 15.0. The van der Waals surface area contributed by atoms with Gasteiger partial charge in [-0.15, -0.1) is 0 Å². The summed E-state index contributed by atoms with van der Waals surface area (Å²) < 4.78 is 0. The van der Waals surface area contributed by atoms with E-state index < -0.39 is 18.6 Å². The lowest BCUT2D eigenvalue weighted by molar-refractivity contribution is -0.148. The number of rotatable bonds is 10. The summed E-state index contributed by atoms with van der Waals surface area (Å²) in [6, 6.07) is 7.89. The lowest BCUT2D eigenvalue weighted by atomic mass is 9.66. The third-order valence-corrected chi connectivity index (χ3v) is 5.33. The second kappa shape index (κ2) is 9.01. The van der Waals surface area contributed by atoms with E-state index in [9.17, 15) is 9.90 Å². The number of nitrogens with one attached hydrogen (secondary N) is 1. The molecule has 8 heteroatoms. The molecule has 1 aliphatic rings. The van der Waals surface area contributed by atoms with Crippen LogP contribution in [0.3, 0.4) is 0 Å². The molecule has 2 rings (SSSR count). The van der Waals surface area contributed by atoms with Crippen LogP contribution in [0.15, 0.2) is 24.3 Å². The quantitative estimate of drug-likeness (QED) is 0.317. The van der Waals surface area contributed by atoms with Crippen LogP contribution in [0.25, 0.3) is 0 Å². The van der Waals surface area contributed by atoms with Crippen molar-refractivity contribution < 1.29 is 19.9 Å². The minimum absolute atomic E-state index is 0.0632. The minimum Gasteiger partial charge on any atom is -0.480 e. The Morgan fingerprint density at radius 1 is 1.28 bits per heavy atom. The predicted molar refractivity (Wildman–Crippen MR) is 98.2 cm³/mol. The normalized spacial score (nSPS) is 22.1. The molecule has 0 amide bonds. The van der Waals surface area contributed by atoms with Crippen LogP contribution in [-0.4, -0.2) is 39.8 Å². The first-order chi connectivity index (χ1) is 11.8. The van der Waals surface area contributed by atoms with Gasteiger partial charge in [0.1, 0.15) is 5.54 Å². The van der Waals surface area contributed by atoms with Gasteiger partial charge in [0, 0.05) is 17.6 Å². The summed E-state index contributed by atoms with van der Waals surface area (Å²) in [5, 5.41) is 31.4. The zero-order chi connectivity index (χ0) is 18.4. The van der Waals surface area contributed by atoms with Crippen LogP contribution in [-0.2, 0) is 11.3 Å². The molecule has 138 valence electrons. The Kier molecular flexibility index (Phi) is 7.28. The first-order valence-electron chi connectivity index (χ1n) is 8.67. The summed E-state index contributed by atoms with van der Waals surface area (Å²) in [6.45, 7) is 0.716. The van der Waals surface area contributed by atoms with E-state index in [2.05, 4.69) is 5.32 Å². The molecule has 25 heavy (non-hydrogen) atoms. The smallest absolute Gasteiger partial charge is 0.451 e. The van der Waals surface area contributed by atoms with Crippen LogP contribution in [0, 0.1) is 5.92 Å².